The third-order valence-corrected chi connectivity index (χ3v) is 3.38. The largest absolute Gasteiger partial charge is 0.394 e. The van der Waals surface area contributed by atoms with E-state index in [9.17, 15) is 5.11 Å². The van der Waals surface area contributed by atoms with Crippen LogP contribution in [0.25, 0.3) is 11.3 Å². The first-order valence-electron chi connectivity index (χ1n) is 6.08. The number of aryl methyl sites for hydroxylation is 1. The minimum absolute atomic E-state index is 0.129. The Bertz CT molecular complexity index is 546. The molecule has 0 unspecified atom stereocenters. The molecule has 0 amide bonds. The monoisotopic (exact) mass is 244 g/mol. The summed E-state index contributed by atoms with van der Waals surface area (Å²) in [6, 6.07) is 1.98. The van der Waals surface area contributed by atoms with E-state index >= 15 is 0 Å². The van der Waals surface area contributed by atoms with Crippen LogP contribution in [-0.4, -0.2) is 32.2 Å². The number of aromatic nitrogens is 3. The fourth-order valence-corrected chi connectivity index (χ4v) is 1.98. The van der Waals surface area contributed by atoms with Crippen molar-refractivity contribution in [1.82, 2.24) is 15.0 Å². The van der Waals surface area contributed by atoms with Crippen molar-refractivity contribution in [3.8, 4) is 11.3 Å². The standard InChI is InChI=1S/C13H16N4O/c1-9-6-15-12(17-13(8-18)3-4-13)16-11(9)10-2-5-14-7-10/h2,5-7,14,18H,3-4,8H2,1H3,(H,15,16,17). The lowest BCUT2D eigenvalue weighted by atomic mass is 10.1. The number of aromatic amines is 1. The molecule has 3 N–H and O–H groups in total. The molecule has 1 saturated carbocycles. The van der Waals surface area contributed by atoms with Crippen molar-refractivity contribution in [1.29, 1.82) is 0 Å². The highest BCUT2D eigenvalue weighted by atomic mass is 16.3. The molecule has 2 aromatic heterocycles. The zero-order valence-corrected chi connectivity index (χ0v) is 10.3. The molecular weight excluding hydrogens is 228 g/mol. The average molecular weight is 244 g/mol. The molecule has 18 heavy (non-hydrogen) atoms. The molecule has 1 fully saturated rings. The third kappa shape index (κ3) is 1.97. The van der Waals surface area contributed by atoms with E-state index in [0.29, 0.717) is 5.95 Å². The van der Waals surface area contributed by atoms with Crippen molar-refractivity contribution in [3.63, 3.8) is 0 Å². The number of nitrogens with zero attached hydrogens (tertiary/aromatic N) is 2. The van der Waals surface area contributed by atoms with Gasteiger partial charge in [0.25, 0.3) is 0 Å². The van der Waals surface area contributed by atoms with Crippen LogP contribution in [-0.2, 0) is 0 Å². The van der Waals surface area contributed by atoms with Crippen molar-refractivity contribution in [3.05, 3.63) is 30.2 Å². The number of hydrogen-bond donors (Lipinski definition) is 3. The summed E-state index contributed by atoms with van der Waals surface area (Å²) in [5.41, 5.74) is 2.81. The van der Waals surface area contributed by atoms with Crippen LogP contribution < -0.4 is 5.32 Å². The Morgan fingerprint density at radius 2 is 2.33 bits per heavy atom. The maximum atomic E-state index is 9.30. The molecule has 0 aliphatic heterocycles. The molecule has 5 nitrogen and oxygen atoms in total. The van der Waals surface area contributed by atoms with E-state index < -0.39 is 0 Å². The van der Waals surface area contributed by atoms with Crippen molar-refractivity contribution in [2.75, 3.05) is 11.9 Å². The Balaban J connectivity index is 1.91. The molecule has 1 aliphatic rings. The Morgan fingerprint density at radius 1 is 1.50 bits per heavy atom. The van der Waals surface area contributed by atoms with Gasteiger partial charge in [-0.15, -0.1) is 0 Å². The highest BCUT2D eigenvalue weighted by Crippen LogP contribution is 2.37. The third-order valence-electron chi connectivity index (χ3n) is 3.38. The molecule has 1 aliphatic carbocycles. The van der Waals surface area contributed by atoms with Gasteiger partial charge in [0.2, 0.25) is 5.95 Å². The fraction of sp³-hybridized carbons (Fsp3) is 0.385. The molecule has 0 saturated heterocycles. The highest BCUT2D eigenvalue weighted by molar-refractivity contribution is 5.63. The maximum absolute atomic E-state index is 9.30. The van der Waals surface area contributed by atoms with Crippen molar-refractivity contribution < 1.29 is 5.11 Å². The van der Waals surface area contributed by atoms with Crippen LogP contribution in [0.3, 0.4) is 0 Å². The summed E-state index contributed by atoms with van der Waals surface area (Å²) < 4.78 is 0. The molecule has 0 radical (unpaired) electrons. The van der Waals surface area contributed by atoms with Gasteiger partial charge in [-0.05, 0) is 31.4 Å². The number of rotatable bonds is 4. The number of hydrogen-bond acceptors (Lipinski definition) is 4. The second-order valence-electron chi connectivity index (χ2n) is 4.89. The van der Waals surface area contributed by atoms with Crippen LogP contribution >= 0.6 is 0 Å². The molecule has 2 heterocycles. The van der Waals surface area contributed by atoms with Gasteiger partial charge in [-0.25, -0.2) is 9.97 Å². The number of aliphatic hydroxyl groups is 1. The SMILES string of the molecule is Cc1cnc(NC2(CO)CC2)nc1-c1cc[nH]c1. The highest BCUT2D eigenvalue weighted by Gasteiger charge is 2.42. The van der Waals surface area contributed by atoms with Crippen LogP contribution in [0.15, 0.2) is 24.7 Å². The molecular formula is C13H16N4O. The van der Waals surface area contributed by atoms with Gasteiger partial charge >= 0.3 is 0 Å². The molecule has 0 atom stereocenters. The number of aliphatic hydroxyl groups excluding tert-OH is 1. The van der Waals surface area contributed by atoms with Gasteiger partial charge in [-0.2, -0.15) is 0 Å². The second kappa shape index (κ2) is 4.10. The van der Waals surface area contributed by atoms with E-state index in [1.54, 1.807) is 0 Å². The van der Waals surface area contributed by atoms with Crippen LogP contribution in [0.1, 0.15) is 18.4 Å². The van der Waals surface area contributed by atoms with Gasteiger partial charge in [0, 0.05) is 24.2 Å². The maximum Gasteiger partial charge on any atom is 0.223 e. The number of anilines is 1. The lowest BCUT2D eigenvalue weighted by Gasteiger charge is -2.15. The molecule has 94 valence electrons. The predicted molar refractivity (Wildman–Crippen MR) is 69.2 cm³/mol. The predicted octanol–water partition coefficient (Wildman–Crippen LogP) is 1.72. The summed E-state index contributed by atoms with van der Waals surface area (Å²) >= 11 is 0. The second-order valence-corrected chi connectivity index (χ2v) is 4.89. The fourth-order valence-electron chi connectivity index (χ4n) is 1.98. The smallest absolute Gasteiger partial charge is 0.223 e. The van der Waals surface area contributed by atoms with Gasteiger partial charge in [0.05, 0.1) is 17.8 Å². The van der Waals surface area contributed by atoms with E-state index in [1.807, 2.05) is 31.6 Å². The number of nitrogens with one attached hydrogen (secondary N) is 2. The summed E-state index contributed by atoms with van der Waals surface area (Å²) in [4.78, 5) is 11.8. The quantitative estimate of drug-likeness (QED) is 0.765. The topological polar surface area (TPSA) is 73.8 Å². The summed E-state index contributed by atoms with van der Waals surface area (Å²) in [5.74, 6) is 0.586. The lowest BCUT2D eigenvalue weighted by Crippen LogP contribution is -2.26. The zero-order valence-electron chi connectivity index (χ0n) is 10.3. The summed E-state index contributed by atoms with van der Waals surface area (Å²) in [7, 11) is 0. The van der Waals surface area contributed by atoms with Crippen molar-refractivity contribution in [2.45, 2.75) is 25.3 Å². The van der Waals surface area contributed by atoms with E-state index in [-0.39, 0.29) is 12.1 Å². The summed E-state index contributed by atoms with van der Waals surface area (Å²) in [6.07, 6.45) is 7.55. The van der Waals surface area contributed by atoms with Gasteiger partial charge in [0.15, 0.2) is 0 Å². The Kier molecular flexibility index (Phi) is 2.56. The van der Waals surface area contributed by atoms with E-state index in [1.165, 1.54) is 0 Å². The van der Waals surface area contributed by atoms with Gasteiger partial charge in [0.1, 0.15) is 0 Å². The normalized spacial score (nSPS) is 16.6. The molecule has 5 heteroatoms. The first-order valence-corrected chi connectivity index (χ1v) is 6.08. The summed E-state index contributed by atoms with van der Waals surface area (Å²) in [6.45, 7) is 2.12. The van der Waals surface area contributed by atoms with E-state index in [2.05, 4.69) is 20.3 Å². The van der Waals surface area contributed by atoms with Crippen molar-refractivity contribution in [2.24, 2.45) is 0 Å². The average Bonchev–Trinajstić information content (AvgIpc) is 2.94. The zero-order chi connectivity index (χ0) is 12.6. The molecule has 0 aromatic carbocycles. The molecule has 2 aromatic rings. The van der Waals surface area contributed by atoms with Gasteiger partial charge in [-0.3, -0.25) is 0 Å². The van der Waals surface area contributed by atoms with E-state index in [4.69, 9.17) is 0 Å². The molecule has 0 spiro atoms. The van der Waals surface area contributed by atoms with Gasteiger partial charge < -0.3 is 15.4 Å². The van der Waals surface area contributed by atoms with Crippen LogP contribution in [0.5, 0.6) is 0 Å². The van der Waals surface area contributed by atoms with Crippen LogP contribution in [0, 0.1) is 6.92 Å². The minimum Gasteiger partial charge on any atom is -0.394 e. The Labute approximate surface area is 105 Å². The first kappa shape index (κ1) is 11.2. The minimum atomic E-state index is -0.190. The molecule has 3 rings (SSSR count). The van der Waals surface area contributed by atoms with Crippen molar-refractivity contribution >= 4 is 5.95 Å². The van der Waals surface area contributed by atoms with Crippen LogP contribution in [0.2, 0.25) is 0 Å². The molecule has 0 bridgehead atoms. The van der Waals surface area contributed by atoms with Gasteiger partial charge in [-0.1, -0.05) is 0 Å². The Hall–Kier alpha value is -1.88. The Morgan fingerprint density at radius 3 is 2.94 bits per heavy atom. The lowest BCUT2D eigenvalue weighted by molar-refractivity contribution is 0.265. The number of H-pyrrole nitrogens is 1. The first-order chi connectivity index (χ1) is 8.72. The summed E-state index contributed by atoms with van der Waals surface area (Å²) in [5, 5.41) is 12.5. The van der Waals surface area contributed by atoms with Crippen LogP contribution in [0.4, 0.5) is 5.95 Å². The van der Waals surface area contributed by atoms with E-state index in [0.717, 1.165) is 29.7 Å².